The Balaban J connectivity index is 1.60. The summed E-state index contributed by atoms with van der Waals surface area (Å²) in [7, 11) is 4.02. The number of hydrogen-bond donors (Lipinski definition) is 2. The predicted octanol–water partition coefficient (Wildman–Crippen LogP) is 4.11. The zero-order chi connectivity index (χ0) is 19.9. The van der Waals surface area contributed by atoms with Crippen LogP contribution >= 0.6 is 22.9 Å². The van der Waals surface area contributed by atoms with Gasteiger partial charge in [-0.25, -0.2) is 4.98 Å². The Kier molecular flexibility index (Phi) is 7.71. The Labute approximate surface area is 177 Å². The van der Waals surface area contributed by atoms with Gasteiger partial charge in [0, 0.05) is 30.0 Å². The number of benzene rings is 1. The van der Waals surface area contributed by atoms with Crippen molar-refractivity contribution in [3.63, 3.8) is 0 Å². The molecule has 5 nitrogen and oxygen atoms in total. The van der Waals surface area contributed by atoms with E-state index in [4.69, 9.17) is 11.6 Å². The number of piperidine rings is 1. The molecule has 0 bridgehead atoms. The van der Waals surface area contributed by atoms with Crippen molar-refractivity contribution in [3.8, 4) is 0 Å². The van der Waals surface area contributed by atoms with Gasteiger partial charge in [-0.05, 0) is 56.5 Å². The van der Waals surface area contributed by atoms with Crippen LogP contribution in [0.1, 0.15) is 42.1 Å². The van der Waals surface area contributed by atoms with E-state index in [0.717, 1.165) is 36.2 Å². The highest BCUT2D eigenvalue weighted by Gasteiger charge is 2.30. The van der Waals surface area contributed by atoms with E-state index in [1.165, 1.54) is 23.4 Å². The van der Waals surface area contributed by atoms with E-state index >= 15 is 0 Å². The number of aromatic nitrogens is 1. The molecule has 2 aromatic rings. The van der Waals surface area contributed by atoms with Crippen molar-refractivity contribution in [2.75, 3.05) is 27.2 Å². The van der Waals surface area contributed by atoms with Crippen LogP contribution in [0.25, 0.3) is 0 Å². The zero-order valence-corrected chi connectivity index (χ0v) is 18.5. The van der Waals surface area contributed by atoms with Crippen LogP contribution in [0.5, 0.6) is 0 Å². The molecule has 0 amide bonds. The molecule has 1 aromatic heterocycles. The molecule has 2 heterocycles. The number of guanidine groups is 1. The fourth-order valence-corrected chi connectivity index (χ4v) is 4.85. The summed E-state index contributed by atoms with van der Waals surface area (Å²) in [5, 5.41) is 11.0. The van der Waals surface area contributed by atoms with Gasteiger partial charge in [-0.3, -0.25) is 9.89 Å². The summed E-state index contributed by atoms with van der Waals surface area (Å²) in [4.78, 5) is 11.4. The van der Waals surface area contributed by atoms with E-state index < -0.39 is 0 Å². The van der Waals surface area contributed by atoms with E-state index in [2.05, 4.69) is 57.0 Å². The number of hydrogen-bond acceptors (Lipinski definition) is 4. The summed E-state index contributed by atoms with van der Waals surface area (Å²) in [6.45, 7) is 4.81. The molecule has 3 rings (SSSR count). The third-order valence-electron chi connectivity index (χ3n) is 5.29. The van der Waals surface area contributed by atoms with Crippen LogP contribution in [0, 0.1) is 5.92 Å². The fraction of sp³-hybridized carbons (Fsp3) is 0.524. The average molecular weight is 420 g/mol. The Hall–Kier alpha value is -1.63. The molecule has 0 spiro atoms. The van der Waals surface area contributed by atoms with Crippen LogP contribution in [0.2, 0.25) is 5.02 Å². The molecule has 0 saturated carbocycles. The quantitative estimate of drug-likeness (QED) is 0.546. The molecule has 1 saturated heterocycles. The highest BCUT2D eigenvalue weighted by Crippen LogP contribution is 2.35. The lowest BCUT2D eigenvalue weighted by Gasteiger charge is -2.40. The molecule has 1 aliphatic heterocycles. The van der Waals surface area contributed by atoms with Crippen LogP contribution in [-0.2, 0) is 13.0 Å². The number of rotatable bonds is 6. The third kappa shape index (κ3) is 5.46. The summed E-state index contributed by atoms with van der Waals surface area (Å²) in [6.07, 6.45) is 3.39. The molecule has 152 valence electrons. The van der Waals surface area contributed by atoms with Gasteiger partial charge in [-0.1, -0.05) is 30.7 Å². The van der Waals surface area contributed by atoms with E-state index in [1.807, 2.05) is 19.2 Å². The monoisotopic (exact) mass is 419 g/mol. The van der Waals surface area contributed by atoms with Crippen molar-refractivity contribution in [2.45, 2.75) is 38.8 Å². The van der Waals surface area contributed by atoms with Gasteiger partial charge in [0.1, 0.15) is 0 Å². The summed E-state index contributed by atoms with van der Waals surface area (Å²) in [5.41, 5.74) is 2.36. The Morgan fingerprint density at radius 1 is 1.39 bits per heavy atom. The summed E-state index contributed by atoms with van der Waals surface area (Å²) in [6, 6.07) is 8.63. The fourth-order valence-electron chi connectivity index (χ4n) is 3.91. The van der Waals surface area contributed by atoms with Crippen LogP contribution in [0.15, 0.2) is 34.6 Å². The van der Waals surface area contributed by atoms with Crippen molar-refractivity contribution in [1.82, 2.24) is 20.5 Å². The standard InChI is InChI=1S/C21H30ClN5S/c1-4-19-26-18(14-28-19)13-25-21(23-2)24-12-16-8-6-10-27(3)20(16)15-7-5-9-17(22)11-15/h5,7,9,11,14,16,20H,4,6,8,10,12-13H2,1-3H3,(H2,23,24,25). The van der Waals surface area contributed by atoms with Gasteiger partial charge in [0.2, 0.25) is 0 Å². The molecule has 2 atom stereocenters. The van der Waals surface area contributed by atoms with Gasteiger partial charge in [-0.2, -0.15) is 0 Å². The highest BCUT2D eigenvalue weighted by molar-refractivity contribution is 7.09. The minimum atomic E-state index is 0.365. The number of halogens is 1. The van der Waals surface area contributed by atoms with Gasteiger partial charge >= 0.3 is 0 Å². The number of nitrogens with one attached hydrogen (secondary N) is 2. The van der Waals surface area contributed by atoms with E-state index in [9.17, 15) is 0 Å². The number of aryl methyl sites for hydroxylation is 1. The maximum atomic E-state index is 6.25. The van der Waals surface area contributed by atoms with Crippen molar-refractivity contribution < 1.29 is 0 Å². The minimum absolute atomic E-state index is 0.365. The Bertz CT molecular complexity index is 791. The van der Waals surface area contributed by atoms with Gasteiger partial charge in [0.05, 0.1) is 17.2 Å². The Morgan fingerprint density at radius 3 is 2.96 bits per heavy atom. The lowest BCUT2D eigenvalue weighted by Crippen LogP contribution is -2.44. The smallest absolute Gasteiger partial charge is 0.191 e. The second-order valence-corrected chi connectivity index (χ2v) is 8.65. The maximum Gasteiger partial charge on any atom is 0.191 e. The second kappa shape index (κ2) is 10.2. The van der Waals surface area contributed by atoms with Crippen LogP contribution in [-0.4, -0.2) is 43.0 Å². The maximum absolute atomic E-state index is 6.25. The molecule has 1 aromatic carbocycles. The highest BCUT2D eigenvalue weighted by atomic mass is 35.5. The molecule has 2 N–H and O–H groups in total. The summed E-state index contributed by atoms with van der Waals surface area (Å²) < 4.78 is 0. The van der Waals surface area contributed by atoms with Crippen molar-refractivity contribution >= 4 is 28.9 Å². The van der Waals surface area contributed by atoms with Crippen molar-refractivity contribution in [1.29, 1.82) is 0 Å². The van der Waals surface area contributed by atoms with Crippen molar-refractivity contribution in [3.05, 3.63) is 50.9 Å². The number of aliphatic imine (C=N–C) groups is 1. The summed E-state index contributed by atoms with van der Waals surface area (Å²) in [5.74, 6) is 1.32. The molecular formula is C21H30ClN5S. The van der Waals surface area contributed by atoms with Crippen LogP contribution in [0.4, 0.5) is 0 Å². The zero-order valence-electron chi connectivity index (χ0n) is 16.9. The normalized spacial score (nSPS) is 20.9. The molecule has 28 heavy (non-hydrogen) atoms. The summed E-state index contributed by atoms with van der Waals surface area (Å²) >= 11 is 7.97. The van der Waals surface area contributed by atoms with Gasteiger partial charge in [-0.15, -0.1) is 11.3 Å². The predicted molar refractivity (Wildman–Crippen MR) is 119 cm³/mol. The first-order valence-electron chi connectivity index (χ1n) is 9.94. The molecule has 0 aliphatic carbocycles. The molecule has 2 unspecified atom stereocenters. The number of likely N-dealkylation sites (tertiary alicyclic amines) is 1. The Morgan fingerprint density at radius 2 is 2.25 bits per heavy atom. The van der Waals surface area contributed by atoms with Gasteiger partial charge < -0.3 is 10.6 Å². The largest absolute Gasteiger partial charge is 0.356 e. The lowest BCUT2D eigenvalue weighted by atomic mass is 9.85. The van der Waals surface area contributed by atoms with Gasteiger partial charge in [0.25, 0.3) is 0 Å². The molecular weight excluding hydrogens is 390 g/mol. The first-order chi connectivity index (χ1) is 13.6. The average Bonchev–Trinajstić information content (AvgIpc) is 3.16. The van der Waals surface area contributed by atoms with Gasteiger partial charge in [0.15, 0.2) is 5.96 Å². The molecule has 7 heteroatoms. The minimum Gasteiger partial charge on any atom is -0.356 e. The van der Waals surface area contributed by atoms with E-state index in [-0.39, 0.29) is 0 Å². The molecule has 0 radical (unpaired) electrons. The lowest BCUT2D eigenvalue weighted by molar-refractivity contribution is 0.122. The number of nitrogens with zero attached hydrogens (tertiary/aromatic N) is 3. The SMILES string of the molecule is CCc1nc(CNC(=NC)NCC2CCCN(C)C2c2cccc(Cl)c2)cs1. The van der Waals surface area contributed by atoms with Crippen LogP contribution in [0.3, 0.4) is 0 Å². The topological polar surface area (TPSA) is 52.6 Å². The van der Waals surface area contributed by atoms with Crippen LogP contribution < -0.4 is 10.6 Å². The van der Waals surface area contributed by atoms with E-state index in [0.29, 0.717) is 18.5 Å². The third-order valence-corrected chi connectivity index (χ3v) is 6.57. The molecule has 1 fully saturated rings. The second-order valence-electron chi connectivity index (χ2n) is 7.28. The first kappa shape index (κ1) is 21.1. The van der Waals surface area contributed by atoms with Crippen molar-refractivity contribution in [2.24, 2.45) is 10.9 Å². The number of thiazole rings is 1. The van der Waals surface area contributed by atoms with E-state index in [1.54, 1.807) is 11.3 Å². The first-order valence-corrected chi connectivity index (χ1v) is 11.2. The molecule has 1 aliphatic rings.